The van der Waals surface area contributed by atoms with Gasteiger partial charge in [-0.25, -0.2) is 0 Å². The normalized spacial score (nSPS) is 16.2. The van der Waals surface area contributed by atoms with Crippen molar-refractivity contribution >= 4 is 35.1 Å². The largest absolute Gasteiger partial charge is 0.451 e. The molecular formula is C21H21ClN2O4. The third kappa shape index (κ3) is 4.34. The average Bonchev–Trinajstić information content (AvgIpc) is 3.01. The van der Waals surface area contributed by atoms with Gasteiger partial charge in [-0.05, 0) is 56.2 Å². The van der Waals surface area contributed by atoms with Crippen molar-refractivity contribution in [3.8, 4) is 0 Å². The van der Waals surface area contributed by atoms with Crippen molar-refractivity contribution in [3.63, 3.8) is 0 Å². The summed E-state index contributed by atoms with van der Waals surface area (Å²) in [5.74, 6) is -1.38. The maximum atomic E-state index is 12.8. The number of nitrogens with zero attached hydrogens (tertiary/aromatic N) is 1. The van der Waals surface area contributed by atoms with Gasteiger partial charge in [-0.15, -0.1) is 0 Å². The topological polar surface area (TPSA) is 75.7 Å². The number of amides is 2. The fourth-order valence-corrected chi connectivity index (χ4v) is 3.37. The van der Waals surface area contributed by atoms with Gasteiger partial charge in [-0.2, -0.15) is 0 Å². The summed E-state index contributed by atoms with van der Waals surface area (Å²) in [6.45, 7) is 3.17. The van der Waals surface area contributed by atoms with Gasteiger partial charge in [0.15, 0.2) is 6.10 Å². The van der Waals surface area contributed by atoms with Gasteiger partial charge in [-0.1, -0.05) is 29.8 Å². The van der Waals surface area contributed by atoms with Crippen molar-refractivity contribution in [1.82, 2.24) is 5.32 Å². The van der Waals surface area contributed by atoms with Gasteiger partial charge >= 0.3 is 5.97 Å². The Bertz CT molecular complexity index is 898. The predicted octanol–water partition coefficient (Wildman–Crippen LogP) is 2.98. The van der Waals surface area contributed by atoms with Crippen LogP contribution < -0.4 is 10.2 Å². The molecule has 3 rings (SSSR count). The second kappa shape index (κ2) is 8.44. The molecule has 28 heavy (non-hydrogen) atoms. The van der Waals surface area contributed by atoms with Crippen LogP contribution in [0.1, 0.15) is 29.8 Å². The van der Waals surface area contributed by atoms with Gasteiger partial charge in [-0.3, -0.25) is 14.4 Å². The third-order valence-corrected chi connectivity index (χ3v) is 4.85. The smallest absolute Gasteiger partial charge is 0.326 e. The summed E-state index contributed by atoms with van der Waals surface area (Å²) >= 11 is 5.78. The quantitative estimate of drug-likeness (QED) is 0.783. The molecule has 7 heteroatoms. The maximum absolute atomic E-state index is 12.8. The molecule has 146 valence electrons. The van der Waals surface area contributed by atoms with Crippen LogP contribution in [0.2, 0.25) is 5.02 Å². The summed E-state index contributed by atoms with van der Waals surface area (Å²) in [7, 11) is 0. The lowest BCUT2D eigenvalue weighted by Gasteiger charge is -2.26. The van der Waals surface area contributed by atoms with E-state index in [1.165, 1.54) is 6.92 Å². The molecule has 6 nitrogen and oxygen atoms in total. The van der Waals surface area contributed by atoms with Gasteiger partial charge in [0.05, 0.1) is 0 Å². The number of carbonyl (C=O) groups excluding carboxylic acids is 3. The number of para-hydroxylation sites is 1. The summed E-state index contributed by atoms with van der Waals surface area (Å²) in [6, 6.07) is 14.0. The molecule has 0 aromatic heterocycles. The van der Waals surface area contributed by atoms with E-state index in [0.717, 1.165) is 17.7 Å². The van der Waals surface area contributed by atoms with E-state index in [1.54, 1.807) is 29.2 Å². The monoisotopic (exact) mass is 400 g/mol. The van der Waals surface area contributed by atoms with E-state index in [0.29, 0.717) is 10.6 Å². The van der Waals surface area contributed by atoms with Gasteiger partial charge in [0, 0.05) is 22.3 Å². The highest BCUT2D eigenvalue weighted by Gasteiger charge is 2.34. The summed E-state index contributed by atoms with van der Waals surface area (Å²) < 4.78 is 5.23. The first-order valence-corrected chi connectivity index (χ1v) is 9.39. The van der Waals surface area contributed by atoms with Crippen LogP contribution in [0, 0.1) is 0 Å². The molecule has 0 fully saturated rings. The van der Waals surface area contributed by atoms with Crippen LogP contribution in [0.3, 0.4) is 0 Å². The Hall–Kier alpha value is -2.86. The zero-order valence-electron chi connectivity index (χ0n) is 15.6. The molecule has 0 spiro atoms. The Labute approximate surface area is 168 Å². The molecule has 2 amide bonds. The minimum Gasteiger partial charge on any atom is -0.451 e. The SMILES string of the molecule is C[C@@H]1Cc2ccccc2N1C(=O)[C@@H](C)OC(=O)CNC(=O)c1ccc(Cl)cc1. The Morgan fingerprint density at radius 1 is 1.18 bits per heavy atom. The Morgan fingerprint density at radius 3 is 2.57 bits per heavy atom. The van der Waals surface area contributed by atoms with Gasteiger partial charge in [0.25, 0.3) is 11.8 Å². The molecule has 1 heterocycles. The first-order chi connectivity index (χ1) is 13.4. The highest BCUT2D eigenvalue weighted by molar-refractivity contribution is 6.30. The Morgan fingerprint density at radius 2 is 1.86 bits per heavy atom. The van der Waals surface area contributed by atoms with Crippen LogP contribution in [0.5, 0.6) is 0 Å². The molecule has 0 aliphatic carbocycles. The minimum atomic E-state index is -0.950. The first-order valence-electron chi connectivity index (χ1n) is 9.01. The van der Waals surface area contributed by atoms with Crippen molar-refractivity contribution in [3.05, 3.63) is 64.7 Å². The fraction of sp³-hybridized carbons (Fsp3) is 0.286. The molecule has 0 saturated heterocycles. The van der Waals surface area contributed by atoms with Crippen LogP contribution >= 0.6 is 11.6 Å². The number of hydrogen-bond donors (Lipinski definition) is 1. The second-order valence-corrected chi connectivity index (χ2v) is 7.15. The standard InChI is InChI=1S/C21H21ClN2O4/c1-13-11-16-5-3-4-6-18(16)24(13)21(27)14(2)28-19(25)12-23-20(26)15-7-9-17(22)10-8-15/h3-10,13-14H,11-12H2,1-2H3,(H,23,26)/t13-,14-/m1/s1. The Balaban J connectivity index is 1.55. The number of rotatable bonds is 5. The lowest BCUT2D eigenvalue weighted by Crippen LogP contribution is -2.44. The van der Waals surface area contributed by atoms with E-state index in [4.69, 9.17) is 16.3 Å². The van der Waals surface area contributed by atoms with Gasteiger partial charge in [0.2, 0.25) is 0 Å². The average molecular weight is 401 g/mol. The predicted molar refractivity (Wildman–Crippen MR) is 106 cm³/mol. The molecule has 2 aromatic carbocycles. The molecule has 1 N–H and O–H groups in total. The lowest BCUT2D eigenvalue weighted by atomic mass is 10.1. The van der Waals surface area contributed by atoms with Crippen LogP contribution in [-0.4, -0.2) is 36.5 Å². The molecule has 0 bridgehead atoms. The highest BCUT2D eigenvalue weighted by atomic mass is 35.5. The van der Waals surface area contributed by atoms with Gasteiger partial charge < -0.3 is 15.0 Å². The number of esters is 1. The number of fused-ring (bicyclic) bond motifs is 1. The number of anilines is 1. The molecule has 2 atom stereocenters. The first kappa shape index (κ1) is 19.9. The van der Waals surface area contributed by atoms with Crippen LogP contribution in [-0.2, 0) is 20.7 Å². The van der Waals surface area contributed by atoms with Crippen molar-refractivity contribution in [2.45, 2.75) is 32.4 Å². The Kier molecular flexibility index (Phi) is 5.99. The summed E-state index contributed by atoms with van der Waals surface area (Å²) in [5, 5.41) is 2.99. The summed E-state index contributed by atoms with van der Waals surface area (Å²) in [6.07, 6.45) is -0.187. The molecule has 1 aliphatic heterocycles. The maximum Gasteiger partial charge on any atom is 0.326 e. The number of benzene rings is 2. The molecule has 2 aromatic rings. The van der Waals surface area contributed by atoms with E-state index >= 15 is 0 Å². The van der Waals surface area contributed by atoms with E-state index in [-0.39, 0.29) is 18.5 Å². The fourth-order valence-electron chi connectivity index (χ4n) is 3.24. The van der Waals surface area contributed by atoms with Crippen LogP contribution in [0.15, 0.2) is 48.5 Å². The second-order valence-electron chi connectivity index (χ2n) is 6.71. The zero-order chi connectivity index (χ0) is 20.3. The van der Waals surface area contributed by atoms with E-state index in [2.05, 4.69) is 5.32 Å². The number of nitrogens with one attached hydrogen (secondary N) is 1. The van der Waals surface area contributed by atoms with Crippen molar-refractivity contribution < 1.29 is 19.1 Å². The molecule has 1 aliphatic rings. The number of halogens is 1. The number of ether oxygens (including phenoxy) is 1. The lowest BCUT2D eigenvalue weighted by molar-refractivity contribution is -0.152. The van der Waals surface area contributed by atoms with E-state index < -0.39 is 18.0 Å². The molecule has 0 saturated carbocycles. The summed E-state index contributed by atoms with van der Waals surface area (Å²) in [5.41, 5.74) is 2.32. The van der Waals surface area contributed by atoms with Crippen molar-refractivity contribution in [2.75, 3.05) is 11.4 Å². The summed E-state index contributed by atoms with van der Waals surface area (Å²) in [4.78, 5) is 38.6. The number of hydrogen-bond acceptors (Lipinski definition) is 4. The van der Waals surface area contributed by atoms with Crippen molar-refractivity contribution in [1.29, 1.82) is 0 Å². The number of carbonyl (C=O) groups is 3. The van der Waals surface area contributed by atoms with Crippen molar-refractivity contribution in [2.24, 2.45) is 0 Å². The zero-order valence-corrected chi connectivity index (χ0v) is 16.4. The molecular weight excluding hydrogens is 380 g/mol. The highest BCUT2D eigenvalue weighted by Crippen LogP contribution is 2.32. The van der Waals surface area contributed by atoms with Crippen LogP contribution in [0.4, 0.5) is 5.69 Å². The molecule has 0 radical (unpaired) electrons. The van der Waals surface area contributed by atoms with Gasteiger partial charge in [0.1, 0.15) is 6.54 Å². The van der Waals surface area contributed by atoms with E-state index in [1.807, 2.05) is 31.2 Å². The third-order valence-electron chi connectivity index (χ3n) is 4.60. The molecule has 0 unspecified atom stereocenters. The minimum absolute atomic E-state index is 0.00402. The van der Waals surface area contributed by atoms with E-state index in [9.17, 15) is 14.4 Å². The van der Waals surface area contributed by atoms with Crippen LogP contribution in [0.25, 0.3) is 0 Å².